The normalized spacial score (nSPS) is 20.2. The van der Waals surface area contributed by atoms with E-state index >= 15 is 0 Å². The van der Waals surface area contributed by atoms with Crippen LogP contribution in [0.5, 0.6) is 0 Å². The number of benzene rings is 1. The summed E-state index contributed by atoms with van der Waals surface area (Å²) in [5.41, 5.74) is 2.33. The lowest BCUT2D eigenvalue weighted by atomic mass is 9.90. The lowest BCUT2D eigenvalue weighted by molar-refractivity contribution is 0.0860. The molecule has 0 radical (unpaired) electrons. The third-order valence-corrected chi connectivity index (χ3v) is 7.11. The molecule has 1 aliphatic heterocycles. The molecular weight excluding hydrogens is 457 g/mol. The molecule has 0 spiro atoms. The van der Waals surface area contributed by atoms with Crippen molar-refractivity contribution in [2.75, 3.05) is 0 Å². The molecule has 2 aromatic heterocycles. The number of nitrogens with one attached hydrogen (secondary N) is 4. The van der Waals surface area contributed by atoms with Crippen LogP contribution >= 0.6 is 35.3 Å². The third kappa shape index (κ3) is 4.57. The van der Waals surface area contributed by atoms with Gasteiger partial charge in [-0.05, 0) is 37.1 Å². The molecule has 10 heteroatoms. The Bertz CT molecular complexity index is 1110. The molecule has 3 heterocycles. The maximum absolute atomic E-state index is 12.9. The largest absolute Gasteiger partial charge is 0.351 e. The molecule has 5 rings (SSSR count). The van der Waals surface area contributed by atoms with Crippen LogP contribution in [-0.4, -0.2) is 33.9 Å². The van der Waals surface area contributed by atoms with Crippen LogP contribution in [0.25, 0.3) is 10.9 Å². The number of nitrogens with zero attached hydrogens (tertiary/aromatic N) is 1. The van der Waals surface area contributed by atoms with Crippen LogP contribution in [0.1, 0.15) is 56.5 Å². The van der Waals surface area contributed by atoms with Gasteiger partial charge in [-0.25, -0.2) is 4.98 Å². The Kier molecular flexibility index (Phi) is 6.52. The molecule has 164 valence electrons. The first-order valence-electron chi connectivity index (χ1n) is 10.2. The summed E-state index contributed by atoms with van der Waals surface area (Å²) in [4.78, 5) is 34.3. The summed E-state index contributed by atoms with van der Waals surface area (Å²) in [6, 6.07) is 7.06. The highest BCUT2D eigenvalue weighted by Crippen LogP contribution is 2.25. The van der Waals surface area contributed by atoms with Crippen molar-refractivity contribution in [1.29, 1.82) is 0 Å². The van der Waals surface area contributed by atoms with Gasteiger partial charge in [-0.3, -0.25) is 9.59 Å². The Balaban J connectivity index is 0.00000231. The van der Waals surface area contributed by atoms with Crippen molar-refractivity contribution in [3.05, 3.63) is 50.6 Å². The number of aromatic nitrogens is 2. The smallest absolute Gasteiger partial charge is 0.280 e. The van der Waals surface area contributed by atoms with Crippen LogP contribution in [0, 0.1) is 0 Å². The average molecular weight is 480 g/mol. The zero-order chi connectivity index (χ0) is 20.7. The van der Waals surface area contributed by atoms with E-state index in [1.54, 1.807) is 12.1 Å². The van der Waals surface area contributed by atoms with Gasteiger partial charge in [0.25, 0.3) is 11.8 Å². The van der Waals surface area contributed by atoms with Gasteiger partial charge < -0.3 is 20.9 Å². The first kappa shape index (κ1) is 22.1. The molecule has 1 saturated carbocycles. The predicted molar refractivity (Wildman–Crippen MR) is 124 cm³/mol. The molecule has 2 atom stereocenters. The lowest BCUT2D eigenvalue weighted by Gasteiger charge is -2.32. The van der Waals surface area contributed by atoms with E-state index in [2.05, 4.69) is 25.9 Å². The van der Waals surface area contributed by atoms with Gasteiger partial charge in [0.2, 0.25) is 0 Å². The van der Waals surface area contributed by atoms with Gasteiger partial charge in [-0.2, -0.15) is 0 Å². The van der Waals surface area contributed by atoms with E-state index in [1.807, 2.05) is 12.1 Å². The summed E-state index contributed by atoms with van der Waals surface area (Å²) in [6.45, 7) is 1.50. The SMILES string of the molecule is Cl.O=C(N[C@H]1CCCC[C@H]1NC(=O)c1nc2c(s1)CNC2)c1cc2cc(Cl)ccc2[nH]1. The number of hydrogen-bond acceptors (Lipinski definition) is 5. The third-order valence-electron chi connectivity index (χ3n) is 5.78. The van der Waals surface area contributed by atoms with Gasteiger partial charge in [0, 0.05) is 46.0 Å². The Morgan fingerprint density at radius 2 is 1.81 bits per heavy atom. The van der Waals surface area contributed by atoms with Gasteiger partial charge >= 0.3 is 0 Å². The fourth-order valence-electron chi connectivity index (χ4n) is 4.23. The Hall–Kier alpha value is -2.13. The lowest BCUT2D eigenvalue weighted by Crippen LogP contribution is -2.53. The summed E-state index contributed by atoms with van der Waals surface area (Å²) in [5, 5.41) is 11.5. The van der Waals surface area contributed by atoms with Crippen molar-refractivity contribution in [3.8, 4) is 0 Å². The van der Waals surface area contributed by atoms with E-state index < -0.39 is 0 Å². The van der Waals surface area contributed by atoms with Gasteiger partial charge in [0.1, 0.15) is 5.69 Å². The van der Waals surface area contributed by atoms with E-state index in [4.69, 9.17) is 11.6 Å². The second kappa shape index (κ2) is 9.16. The summed E-state index contributed by atoms with van der Waals surface area (Å²) in [7, 11) is 0. The van der Waals surface area contributed by atoms with Crippen LogP contribution in [0.2, 0.25) is 5.02 Å². The van der Waals surface area contributed by atoms with Crippen molar-refractivity contribution < 1.29 is 9.59 Å². The number of fused-ring (bicyclic) bond motifs is 2. The average Bonchev–Trinajstić information content (AvgIpc) is 3.43. The molecule has 1 aromatic carbocycles. The minimum absolute atomic E-state index is 0. The first-order valence-corrected chi connectivity index (χ1v) is 11.4. The van der Waals surface area contributed by atoms with Gasteiger partial charge in [0.15, 0.2) is 5.01 Å². The van der Waals surface area contributed by atoms with E-state index in [1.165, 1.54) is 11.3 Å². The molecule has 2 aliphatic rings. The second-order valence-electron chi connectivity index (χ2n) is 7.85. The molecule has 1 fully saturated rings. The molecule has 4 N–H and O–H groups in total. The first-order chi connectivity index (χ1) is 14.6. The van der Waals surface area contributed by atoms with Crippen molar-refractivity contribution in [1.82, 2.24) is 25.9 Å². The standard InChI is InChI=1S/C21H22ClN5O2S.ClH/c22-12-5-6-13-11(7-12)8-16(24-13)19(28)25-14-3-1-2-4-15(14)26-20(29)21-27-17-9-23-10-18(17)30-21;/h5-8,14-15,23-24H,1-4,9-10H2,(H,25,28)(H,26,29);1H/t14-,15+;/m0./s1. The number of carbonyl (C=O) groups is 2. The summed E-state index contributed by atoms with van der Waals surface area (Å²) < 4.78 is 0. The molecule has 0 unspecified atom stereocenters. The molecule has 31 heavy (non-hydrogen) atoms. The van der Waals surface area contributed by atoms with Crippen molar-refractivity contribution >= 4 is 58.1 Å². The zero-order valence-corrected chi connectivity index (χ0v) is 19.1. The summed E-state index contributed by atoms with van der Waals surface area (Å²) >= 11 is 7.49. The number of aromatic amines is 1. The molecule has 7 nitrogen and oxygen atoms in total. The summed E-state index contributed by atoms with van der Waals surface area (Å²) in [6.07, 6.45) is 3.73. The van der Waals surface area contributed by atoms with Gasteiger partial charge in [-0.15, -0.1) is 23.7 Å². The number of halogens is 2. The van der Waals surface area contributed by atoms with Crippen molar-refractivity contribution in [2.45, 2.75) is 50.9 Å². The van der Waals surface area contributed by atoms with Gasteiger partial charge in [-0.1, -0.05) is 24.4 Å². The number of hydrogen-bond donors (Lipinski definition) is 4. The van der Waals surface area contributed by atoms with E-state index in [0.717, 1.165) is 60.2 Å². The molecule has 0 saturated heterocycles. The molecule has 2 amide bonds. The number of carbonyl (C=O) groups excluding carboxylic acids is 2. The van der Waals surface area contributed by atoms with Crippen LogP contribution in [0.4, 0.5) is 0 Å². The van der Waals surface area contributed by atoms with Crippen molar-refractivity contribution in [2.24, 2.45) is 0 Å². The topological polar surface area (TPSA) is 98.9 Å². The van der Waals surface area contributed by atoms with E-state index in [-0.39, 0.29) is 36.3 Å². The maximum atomic E-state index is 12.9. The number of rotatable bonds is 4. The highest BCUT2D eigenvalue weighted by molar-refractivity contribution is 7.13. The fraction of sp³-hybridized carbons (Fsp3) is 0.381. The molecule has 1 aliphatic carbocycles. The molecule has 3 aromatic rings. The number of H-pyrrole nitrogens is 1. The van der Waals surface area contributed by atoms with E-state index in [0.29, 0.717) is 15.7 Å². The highest BCUT2D eigenvalue weighted by atomic mass is 35.5. The summed E-state index contributed by atoms with van der Waals surface area (Å²) in [5.74, 6) is -0.325. The Labute approximate surface area is 194 Å². The van der Waals surface area contributed by atoms with Gasteiger partial charge in [0.05, 0.1) is 5.69 Å². The van der Waals surface area contributed by atoms with Crippen molar-refractivity contribution in [3.63, 3.8) is 0 Å². The second-order valence-corrected chi connectivity index (χ2v) is 9.37. The van der Waals surface area contributed by atoms with Crippen LogP contribution in [0.3, 0.4) is 0 Å². The molecular formula is C21H23Cl2N5O2S. The number of amides is 2. The van der Waals surface area contributed by atoms with Crippen LogP contribution in [-0.2, 0) is 13.1 Å². The van der Waals surface area contributed by atoms with Crippen LogP contribution in [0.15, 0.2) is 24.3 Å². The monoisotopic (exact) mass is 479 g/mol. The quantitative estimate of drug-likeness (QED) is 0.457. The number of thiazole rings is 1. The van der Waals surface area contributed by atoms with E-state index in [9.17, 15) is 9.59 Å². The molecule has 0 bridgehead atoms. The predicted octanol–water partition coefficient (Wildman–Crippen LogP) is 3.77. The van der Waals surface area contributed by atoms with Crippen LogP contribution < -0.4 is 16.0 Å². The Morgan fingerprint density at radius 1 is 1.06 bits per heavy atom. The Morgan fingerprint density at radius 3 is 2.55 bits per heavy atom. The minimum Gasteiger partial charge on any atom is -0.351 e. The fourth-order valence-corrected chi connectivity index (χ4v) is 5.36. The minimum atomic E-state index is -0.173. The highest BCUT2D eigenvalue weighted by Gasteiger charge is 2.30. The zero-order valence-electron chi connectivity index (χ0n) is 16.7. The maximum Gasteiger partial charge on any atom is 0.280 e.